The molecule has 15 heavy (non-hydrogen) atoms. The number of likely N-dealkylation sites (tertiary alicyclic amines) is 1. The third-order valence-electron chi connectivity index (χ3n) is 2.87. The molecule has 0 radical (unpaired) electrons. The summed E-state index contributed by atoms with van der Waals surface area (Å²) in [6, 6.07) is 5.51. The van der Waals surface area contributed by atoms with Crippen LogP contribution in [0.25, 0.3) is 0 Å². The van der Waals surface area contributed by atoms with Gasteiger partial charge >= 0.3 is 0 Å². The predicted octanol–water partition coefficient (Wildman–Crippen LogP) is 3.57. The standard InChI is InChI=1S/C12H15BrFN/c13-11-6-4-5-10(12(11)14)9-15-7-2-1-3-8-15/h4-6H,1-3,7-9H2. The first-order chi connectivity index (χ1) is 7.27. The lowest BCUT2D eigenvalue weighted by atomic mass is 10.1. The summed E-state index contributed by atoms with van der Waals surface area (Å²) in [6.07, 6.45) is 3.81. The molecule has 0 saturated carbocycles. The van der Waals surface area contributed by atoms with Gasteiger partial charge in [0.15, 0.2) is 0 Å². The first-order valence-electron chi connectivity index (χ1n) is 5.42. The SMILES string of the molecule is Fc1c(Br)cccc1CN1CCCCC1. The third kappa shape index (κ3) is 2.79. The second-order valence-electron chi connectivity index (χ2n) is 4.05. The van der Waals surface area contributed by atoms with E-state index in [1.165, 1.54) is 19.3 Å². The number of benzene rings is 1. The normalized spacial score (nSPS) is 18.0. The quantitative estimate of drug-likeness (QED) is 0.795. The van der Waals surface area contributed by atoms with Crippen LogP contribution in [0, 0.1) is 5.82 Å². The summed E-state index contributed by atoms with van der Waals surface area (Å²) in [6.45, 7) is 2.95. The number of piperidine rings is 1. The average Bonchev–Trinajstić information content (AvgIpc) is 2.26. The molecule has 0 spiro atoms. The van der Waals surface area contributed by atoms with Crippen molar-refractivity contribution < 1.29 is 4.39 Å². The van der Waals surface area contributed by atoms with E-state index >= 15 is 0 Å². The summed E-state index contributed by atoms with van der Waals surface area (Å²) < 4.78 is 14.2. The van der Waals surface area contributed by atoms with E-state index in [9.17, 15) is 4.39 Å². The van der Waals surface area contributed by atoms with Gasteiger partial charge in [-0.1, -0.05) is 18.6 Å². The number of rotatable bonds is 2. The average molecular weight is 272 g/mol. The Hall–Kier alpha value is -0.410. The second-order valence-corrected chi connectivity index (χ2v) is 4.90. The van der Waals surface area contributed by atoms with Crippen molar-refractivity contribution in [1.82, 2.24) is 4.90 Å². The largest absolute Gasteiger partial charge is 0.299 e. The van der Waals surface area contributed by atoms with Gasteiger partial charge in [0.2, 0.25) is 0 Å². The lowest BCUT2D eigenvalue weighted by Crippen LogP contribution is -2.29. The summed E-state index contributed by atoms with van der Waals surface area (Å²) in [5, 5.41) is 0. The zero-order valence-electron chi connectivity index (χ0n) is 8.68. The molecule has 82 valence electrons. The molecule has 1 aliphatic rings. The minimum absolute atomic E-state index is 0.108. The predicted molar refractivity (Wildman–Crippen MR) is 63.2 cm³/mol. The highest BCUT2D eigenvalue weighted by atomic mass is 79.9. The van der Waals surface area contributed by atoms with Gasteiger partial charge < -0.3 is 0 Å². The Bertz CT molecular complexity index is 334. The van der Waals surface area contributed by atoms with Crippen LogP contribution in [-0.4, -0.2) is 18.0 Å². The maximum Gasteiger partial charge on any atom is 0.141 e. The monoisotopic (exact) mass is 271 g/mol. The molecule has 0 aromatic heterocycles. The highest BCUT2D eigenvalue weighted by Gasteiger charge is 2.13. The van der Waals surface area contributed by atoms with Crippen LogP contribution in [-0.2, 0) is 6.54 Å². The molecule has 1 aromatic carbocycles. The van der Waals surface area contributed by atoms with E-state index in [-0.39, 0.29) is 5.82 Å². The van der Waals surface area contributed by atoms with Gasteiger partial charge in [-0.2, -0.15) is 0 Å². The van der Waals surface area contributed by atoms with Gasteiger partial charge in [0.05, 0.1) is 4.47 Å². The summed E-state index contributed by atoms with van der Waals surface area (Å²) in [7, 11) is 0. The molecule has 1 heterocycles. The van der Waals surface area contributed by atoms with Crippen LogP contribution in [0.1, 0.15) is 24.8 Å². The van der Waals surface area contributed by atoms with Gasteiger partial charge in [-0.15, -0.1) is 0 Å². The summed E-state index contributed by atoms with van der Waals surface area (Å²) in [5.74, 6) is -0.108. The Morgan fingerprint density at radius 3 is 2.67 bits per heavy atom. The molecule has 0 aliphatic carbocycles. The molecule has 1 fully saturated rings. The number of nitrogens with zero attached hydrogens (tertiary/aromatic N) is 1. The van der Waals surface area contributed by atoms with Gasteiger partial charge in [0, 0.05) is 12.1 Å². The van der Waals surface area contributed by atoms with Crippen molar-refractivity contribution in [2.75, 3.05) is 13.1 Å². The van der Waals surface area contributed by atoms with Gasteiger partial charge in [-0.05, 0) is 47.9 Å². The van der Waals surface area contributed by atoms with E-state index < -0.39 is 0 Å². The van der Waals surface area contributed by atoms with Crippen molar-refractivity contribution in [3.63, 3.8) is 0 Å². The van der Waals surface area contributed by atoms with E-state index in [1.807, 2.05) is 12.1 Å². The highest BCUT2D eigenvalue weighted by Crippen LogP contribution is 2.21. The van der Waals surface area contributed by atoms with E-state index in [0.29, 0.717) is 4.47 Å². The highest BCUT2D eigenvalue weighted by molar-refractivity contribution is 9.10. The van der Waals surface area contributed by atoms with Crippen LogP contribution in [0.5, 0.6) is 0 Å². The molecule has 1 aliphatic heterocycles. The van der Waals surface area contributed by atoms with Crippen LogP contribution < -0.4 is 0 Å². The van der Waals surface area contributed by atoms with Crippen LogP contribution in [0.3, 0.4) is 0 Å². The smallest absolute Gasteiger partial charge is 0.141 e. The third-order valence-corrected chi connectivity index (χ3v) is 3.49. The summed E-state index contributed by atoms with van der Waals surface area (Å²) in [5.41, 5.74) is 0.797. The van der Waals surface area contributed by atoms with Crippen LogP contribution >= 0.6 is 15.9 Å². The van der Waals surface area contributed by atoms with Crippen molar-refractivity contribution in [3.05, 3.63) is 34.1 Å². The Morgan fingerprint density at radius 1 is 1.20 bits per heavy atom. The molecule has 0 unspecified atom stereocenters. The topological polar surface area (TPSA) is 3.24 Å². The molecular weight excluding hydrogens is 257 g/mol. The van der Waals surface area contributed by atoms with E-state index in [0.717, 1.165) is 25.2 Å². The number of halogens is 2. The molecular formula is C12H15BrFN. The first kappa shape index (κ1) is 11.1. The number of hydrogen-bond donors (Lipinski definition) is 0. The molecule has 3 heteroatoms. The van der Waals surface area contributed by atoms with Crippen LogP contribution in [0.15, 0.2) is 22.7 Å². The van der Waals surface area contributed by atoms with Gasteiger partial charge in [0.25, 0.3) is 0 Å². The zero-order chi connectivity index (χ0) is 10.7. The van der Waals surface area contributed by atoms with Crippen LogP contribution in [0.2, 0.25) is 0 Å². The van der Waals surface area contributed by atoms with Gasteiger partial charge in [-0.3, -0.25) is 4.90 Å². The van der Waals surface area contributed by atoms with Crippen molar-refractivity contribution in [3.8, 4) is 0 Å². The second kappa shape index (κ2) is 5.08. The minimum Gasteiger partial charge on any atom is -0.299 e. The summed E-state index contributed by atoms with van der Waals surface area (Å²) >= 11 is 3.22. The lowest BCUT2D eigenvalue weighted by Gasteiger charge is -2.26. The summed E-state index contributed by atoms with van der Waals surface area (Å²) in [4.78, 5) is 2.33. The van der Waals surface area contributed by atoms with Crippen molar-refractivity contribution in [1.29, 1.82) is 0 Å². The molecule has 0 N–H and O–H groups in total. The molecule has 2 rings (SSSR count). The fourth-order valence-electron chi connectivity index (χ4n) is 2.03. The van der Waals surface area contributed by atoms with Crippen LogP contribution in [0.4, 0.5) is 4.39 Å². The lowest BCUT2D eigenvalue weighted by molar-refractivity contribution is 0.218. The maximum absolute atomic E-state index is 13.7. The molecule has 0 atom stereocenters. The Labute approximate surface area is 98.4 Å². The zero-order valence-corrected chi connectivity index (χ0v) is 10.3. The van der Waals surface area contributed by atoms with E-state index in [4.69, 9.17) is 0 Å². The Balaban J connectivity index is 2.06. The number of hydrogen-bond acceptors (Lipinski definition) is 1. The Kier molecular flexibility index (Phi) is 3.76. The van der Waals surface area contributed by atoms with Gasteiger partial charge in [-0.25, -0.2) is 4.39 Å². The molecule has 1 nitrogen and oxygen atoms in total. The Morgan fingerprint density at radius 2 is 1.93 bits per heavy atom. The minimum atomic E-state index is -0.108. The molecule has 0 bridgehead atoms. The molecule has 1 aromatic rings. The molecule has 1 saturated heterocycles. The van der Waals surface area contributed by atoms with Crippen molar-refractivity contribution in [2.24, 2.45) is 0 Å². The fourth-order valence-corrected chi connectivity index (χ4v) is 2.44. The van der Waals surface area contributed by atoms with E-state index in [2.05, 4.69) is 20.8 Å². The van der Waals surface area contributed by atoms with Crippen molar-refractivity contribution in [2.45, 2.75) is 25.8 Å². The van der Waals surface area contributed by atoms with Gasteiger partial charge in [0.1, 0.15) is 5.82 Å². The molecule has 0 amide bonds. The fraction of sp³-hybridized carbons (Fsp3) is 0.500. The van der Waals surface area contributed by atoms with Crippen molar-refractivity contribution >= 4 is 15.9 Å². The van der Waals surface area contributed by atoms with E-state index in [1.54, 1.807) is 6.07 Å². The first-order valence-corrected chi connectivity index (χ1v) is 6.22. The maximum atomic E-state index is 13.7.